The molecule has 0 bridgehead atoms. The number of anilines is 2. The van der Waals surface area contributed by atoms with Crippen molar-refractivity contribution in [2.45, 2.75) is 37.8 Å². The summed E-state index contributed by atoms with van der Waals surface area (Å²) in [6, 6.07) is 6.17. The summed E-state index contributed by atoms with van der Waals surface area (Å²) in [6.07, 6.45) is 5.04. The van der Waals surface area contributed by atoms with Crippen molar-refractivity contribution >= 4 is 45.8 Å². The van der Waals surface area contributed by atoms with Gasteiger partial charge in [0.2, 0.25) is 5.95 Å². The van der Waals surface area contributed by atoms with Crippen LogP contribution in [0.15, 0.2) is 59.8 Å². The topological polar surface area (TPSA) is 117 Å². The Morgan fingerprint density at radius 3 is 2.68 bits per heavy atom. The predicted octanol–water partition coefficient (Wildman–Crippen LogP) is 5.92. The van der Waals surface area contributed by atoms with Crippen LogP contribution in [0.25, 0.3) is 11.0 Å². The third-order valence-corrected chi connectivity index (χ3v) is 8.15. The summed E-state index contributed by atoms with van der Waals surface area (Å²) in [4.78, 5) is 46.9. The van der Waals surface area contributed by atoms with Crippen molar-refractivity contribution in [2.75, 3.05) is 23.3 Å². The van der Waals surface area contributed by atoms with Crippen LogP contribution in [0, 0.1) is 0 Å². The third-order valence-electron chi connectivity index (χ3n) is 7.15. The van der Waals surface area contributed by atoms with E-state index < -0.39 is 17.8 Å². The second kappa shape index (κ2) is 10.9. The minimum absolute atomic E-state index is 0.0274. The molecule has 4 aromatic rings. The number of imidazole rings is 1. The molecule has 0 atom stereocenters. The highest BCUT2D eigenvalue weighted by molar-refractivity contribution is 7.10. The number of allylic oxidation sites excluding steroid dienone is 4. The average Bonchev–Trinajstić information content (AvgIpc) is 3.64. The number of benzene rings is 1. The van der Waals surface area contributed by atoms with E-state index in [1.165, 1.54) is 11.3 Å². The summed E-state index contributed by atoms with van der Waals surface area (Å²) >= 11 is 1.38. The number of Topliss-reactive ketones (excluding diaryl/α,β-unsaturated/α-hetero) is 1. The smallest absolute Gasteiger partial charge is 0.356 e. The monoisotopic (exact) mass is 579 g/mol. The molecular formula is C28H24F3N7O2S. The first-order valence-electron chi connectivity index (χ1n) is 13.1. The normalized spacial score (nSPS) is 16.2. The number of aromatic nitrogens is 5. The van der Waals surface area contributed by atoms with Crippen LogP contribution in [-0.2, 0) is 6.18 Å². The maximum Gasteiger partial charge on any atom is 0.433 e. The lowest BCUT2D eigenvalue weighted by molar-refractivity contribution is -0.141. The Hall–Kier alpha value is -4.39. The third kappa shape index (κ3) is 5.75. The number of carbonyl (C=O) groups is 2. The lowest BCUT2D eigenvalue weighted by atomic mass is 9.96. The zero-order chi connectivity index (χ0) is 28.6. The van der Waals surface area contributed by atoms with E-state index in [1.54, 1.807) is 28.5 Å². The number of amides is 1. The van der Waals surface area contributed by atoms with Gasteiger partial charge in [-0.1, -0.05) is 18.2 Å². The molecule has 41 heavy (non-hydrogen) atoms. The quantitative estimate of drug-likeness (QED) is 0.272. The predicted molar refractivity (Wildman–Crippen MR) is 148 cm³/mol. The van der Waals surface area contributed by atoms with Gasteiger partial charge in [-0.15, -0.1) is 11.3 Å². The van der Waals surface area contributed by atoms with Gasteiger partial charge in [0.1, 0.15) is 23.5 Å². The summed E-state index contributed by atoms with van der Waals surface area (Å²) in [6.45, 7) is 1.02. The molecule has 1 aliphatic carbocycles. The molecule has 0 radical (unpaired) electrons. The number of nitrogens with zero attached hydrogens (tertiary/aromatic N) is 5. The number of piperidine rings is 1. The molecule has 0 saturated carbocycles. The Balaban J connectivity index is 1.08. The first-order chi connectivity index (χ1) is 19.7. The molecule has 13 heteroatoms. The Labute approximate surface area is 236 Å². The van der Waals surface area contributed by atoms with Gasteiger partial charge in [-0.05, 0) is 43.9 Å². The summed E-state index contributed by atoms with van der Waals surface area (Å²) in [5, 5.41) is 5.22. The maximum atomic E-state index is 13.0. The molecule has 0 spiro atoms. The van der Waals surface area contributed by atoms with Crippen molar-refractivity contribution in [3.8, 4) is 0 Å². The molecule has 1 fully saturated rings. The van der Waals surface area contributed by atoms with Gasteiger partial charge in [-0.2, -0.15) is 13.2 Å². The fourth-order valence-electron chi connectivity index (χ4n) is 4.97. The molecule has 1 saturated heterocycles. The number of rotatable bonds is 6. The number of ketones is 1. The van der Waals surface area contributed by atoms with Crippen LogP contribution >= 0.6 is 11.3 Å². The van der Waals surface area contributed by atoms with Crippen molar-refractivity contribution in [2.24, 2.45) is 0 Å². The van der Waals surface area contributed by atoms with Crippen molar-refractivity contribution in [3.63, 3.8) is 0 Å². The van der Waals surface area contributed by atoms with Crippen molar-refractivity contribution in [1.29, 1.82) is 0 Å². The molecule has 9 nitrogen and oxygen atoms in total. The standard InChI is InChI=1S/C28H24F3N7O2S/c29-28(30,31)22-13-23(33-15-32-22)38-10-8-17(9-11-38)26-34-21(14-41-26)25(40)37-27-35-19-7-6-18(12-20(19)36-27)24(39)16-4-2-1-3-5-16/h1-2,4,6-7,12-15,17H,3,5,8-11H2,(H2,35,36,37,40). The number of carbonyl (C=O) groups excluding carboxylic acids is 2. The number of halogens is 3. The first kappa shape index (κ1) is 26.8. The number of H-pyrrole nitrogens is 1. The van der Waals surface area contributed by atoms with Crippen LogP contribution in [-0.4, -0.2) is 49.7 Å². The van der Waals surface area contributed by atoms with E-state index in [1.807, 2.05) is 18.2 Å². The molecule has 0 unspecified atom stereocenters. The summed E-state index contributed by atoms with van der Waals surface area (Å²) < 4.78 is 39.1. The van der Waals surface area contributed by atoms with E-state index in [0.29, 0.717) is 48.9 Å². The highest BCUT2D eigenvalue weighted by atomic mass is 32.1. The van der Waals surface area contributed by atoms with E-state index in [4.69, 9.17) is 0 Å². The average molecular weight is 580 g/mol. The molecule has 1 aromatic carbocycles. The van der Waals surface area contributed by atoms with Gasteiger partial charge in [0.15, 0.2) is 5.78 Å². The fraction of sp³-hybridized carbons (Fsp3) is 0.286. The number of aromatic amines is 1. The number of hydrogen-bond donors (Lipinski definition) is 2. The highest BCUT2D eigenvalue weighted by Crippen LogP contribution is 2.34. The van der Waals surface area contributed by atoms with Crippen molar-refractivity contribution < 1.29 is 22.8 Å². The second-order valence-corrected chi connectivity index (χ2v) is 10.7. The lowest BCUT2D eigenvalue weighted by Crippen LogP contribution is -2.33. The zero-order valence-electron chi connectivity index (χ0n) is 21.6. The zero-order valence-corrected chi connectivity index (χ0v) is 22.4. The molecule has 3 aromatic heterocycles. The minimum atomic E-state index is -4.53. The van der Waals surface area contributed by atoms with E-state index >= 15 is 0 Å². The Kier molecular flexibility index (Phi) is 7.12. The molecule has 1 aliphatic heterocycles. The number of nitrogens with one attached hydrogen (secondary N) is 2. The summed E-state index contributed by atoms with van der Waals surface area (Å²) in [7, 11) is 0. The fourth-order valence-corrected chi connectivity index (χ4v) is 5.94. The van der Waals surface area contributed by atoms with Gasteiger partial charge in [0.25, 0.3) is 5.91 Å². The van der Waals surface area contributed by atoms with E-state index in [0.717, 1.165) is 29.4 Å². The molecule has 6 rings (SSSR count). The molecule has 4 heterocycles. The van der Waals surface area contributed by atoms with E-state index in [-0.39, 0.29) is 29.2 Å². The van der Waals surface area contributed by atoms with Crippen LogP contribution < -0.4 is 10.2 Å². The number of alkyl halides is 3. The molecule has 2 N–H and O–H groups in total. The summed E-state index contributed by atoms with van der Waals surface area (Å²) in [5.41, 5.74) is 1.85. The summed E-state index contributed by atoms with van der Waals surface area (Å²) in [5.74, 6) is 0.134. The number of thiazole rings is 1. The van der Waals surface area contributed by atoms with Gasteiger partial charge >= 0.3 is 6.18 Å². The largest absolute Gasteiger partial charge is 0.433 e. The molecule has 2 aliphatic rings. The number of fused-ring (bicyclic) bond motifs is 1. The van der Waals surface area contributed by atoms with E-state index in [2.05, 4.69) is 30.2 Å². The Morgan fingerprint density at radius 2 is 1.93 bits per heavy atom. The van der Waals surface area contributed by atoms with Crippen LogP contribution in [0.1, 0.15) is 63.1 Å². The van der Waals surface area contributed by atoms with E-state index in [9.17, 15) is 22.8 Å². The van der Waals surface area contributed by atoms with Gasteiger partial charge < -0.3 is 9.88 Å². The number of hydrogen-bond acceptors (Lipinski definition) is 8. The van der Waals surface area contributed by atoms with Gasteiger partial charge in [0, 0.05) is 41.6 Å². The lowest BCUT2D eigenvalue weighted by Gasteiger charge is -2.32. The first-order valence-corrected chi connectivity index (χ1v) is 13.9. The molecule has 210 valence electrons. The van der Waals surface area contributed by atoms with Gasteiger partial charge in [-0.3, -0.25) is 14.9 Å². The van der Waals surface area contributed by atoms with Crippen molar-refractivity contribution in [3.05, 3.63) is 81.7 Å². The Morgan fingerprint density at radius 1 is 1.10 bits per heavy atom. The van der Waals surface area contributed by atoms with Crippen LogP contribution in [0.2, 0.25) is 0 Å². The van der Waals surface area contributed by atoms with Crippen LogP contribution in [0.5, 0.6) is 0 Å². The SMILES string of the molecule is O=C(C1=CC=CCC1)c1ccc2nc(NC(=O)c3csc(C4CCN(c5cc(C(F)(F)F)ncn5)CC4)n3)[nH]c2c1. The highest BCUT2D eigenvalue weighted by Gasteiger charge is 2.34. The van der Waals surface area contributed by atoms with Crippen LogP contribution in [0.3, 0.4) is 0 Å². The Bertz CT molecular complexity index is 1680. The molecular weight excluding hydrogens is 555 g/mol. The second-order valence-electron chi connectivity index (χ2n) is 9.85. The van der Waals surface area contributed by atoms with Crippen molar-refractivity contribution in [1.82, 2.24) is 24.9 Å². The van der Waals surface area contributed by atoms with Crippen LogP contribution in [0.4, 0.5) is 24.9 Å². The van der Waals surface area contributed by atoms with Gasteiger partial charge in [0.05, 0.1) is 16.0 Å². The minimum Gasteiger partial charge on any atom is -0.356 e. The molecule has 1 amide bonds. The van der Waals surface area contributed by atoms with Gasteiger partial charge in [-0.25, -0.2) is 19.9 Å². The maximum absolute atomic E-state index is 13.0.